The normalized spacial score (nSPS) is 17.7. The molecule has 1 saturated heterocycles. The predicted octanol–water partition coefficient (Wildman–Crippen LogP) is 0.970. The Balaban J connectivity index is 1.47. The van der Waals surface area contributed by atoms with Crippen LogP contribution in [0.25, 0.3) is 5.69 Å². The minimum atomic E-state index is -0.493. The van der Waals surface area contributed by atoms with Crippen molar-refractivity contribution in [2.75, 3.05) is 11.4 Å². The number of hydrogen-bond donors (Lipinski definition) is 0. The topological polar surface area (TPSA) is 91.0 Å². The standard InChI is InChI=1S/C16H17N7O2/c1-21-10-13(9-18-21)22-8-2-3-15(16(22)24)25-14-6-4-12(5-7-14)23-11-17-19-20-23/h4-7,9-11,15H,2-3,8H2,1H3/t15-/m1/s1. The van der Waals surface area contributed by atoms with Crippen LogP contribution >= 0.6 is 0 Å². The molecule has 0 aliphatic carbocycles. The molecule has 1 atom stereocenters. The molecule has 128 valence electrons. The quantitative estimate of drug-likeness (QED) is 0.703. The zero-order chi connectivity index (χ0) is 17.2. The Hall–Kier alpha value is -3.23. The van der Waals surface area contributed by atoms with E-state index in [0.717, 1.165) is 17.8 Å². The molecule has 3 aromatic rings. The van der Waals surface area contributed by atoms with E-state index in [1.807, 2.05) is 37.5 Å². The molecule has 1 aromatic carbocycles. The fourth-order valence-corrected chi connectivity index (χ4v) is 2.88. The summed E-state index contributed by atoms with van der Waals surface area (Å²) in [6.45, 7) is 0.683. The van der Waals surface area contributed by atoms with Gasteiger partial charge in [0.2, 0.25) is 0 Å². The number of aryl methyl sites for hydroxylation is 1. The summed E-state index contributed by atoms with van der Waals surface area (Å²) < 4.78 is 9.16. The SMILES string of the molecule is Cn1cc(N2CCC[C@@H](Oc3ccc(-n4cnnn4)cc3)C2=O)cn1. The molecule has 9 heteroatoms. The number of carbonyl (C=O) groups excluding carboxylic acids is 1. The van der Waals surface area contributed by atoms with Gasteiger partial charge in [0.15, 0.2) is 6.10 Å². The maximum absolute atomic E-state index is 12.7. The first-order valence-electron chi connectivity index (χ1n) is 8.01. The third-order valence-corrected chi connectivity index (χ3v) is 4.12. The Morgan fingerprint density at radius 2 is 2.04 bits per heavy atom. The van der Waals surface area contributed by atoms with Gasteiger partial charge in [0.25, 0.3) is 5.91 Å². The lowest BCUT2D eigenvalue weighted by atomic mass is 10.1. The summed E-state index contributed by atoms with van der Waals surface area (Å²) in [6, 6.07) is 7.32. The van der Waals surface area contributed by atoms with Gasteiger partial charge in [0.05, 0.1) is 17.6 Å². The third kappa shape index (κ3) is 3.08. The second kappa shape index (κ2) is 6.34. The van der Waals surface area contributed by atoms with Crippen LogP contribution in [0.15, 0.2) is 43.0 Å². The molecule has 9 nitrogen and oxygen atoms in total. The number of nitrogens with zero attached hydrogens (tertiary/aromatic N) is 7. The van der Waals surface area contributed by atoms with Crippen molar-refractivity contribution in [2.45, 2.75) is 18.9 Å². The Kier molecular flexibility index (Phi) is 3.88. The van der Waals surface area contributed by atoms with Crippen molar-refractivity contribution >= 4 is 11.6 Å². The molecule has 0 unspecified atom stereocenters. The molecule has 0 radical (unpaired) electrons. The van der Waals surface area contributed by atoms with Gasteiger partial charge in [-0.2, -0.15) is 5.10 Å². The van der Waals surface area contributed by atoms with Gasteiger partial charge in [-0.1, -0.05) is 0 Å². The monoisotopic (exact) mass is 339 g/mol. The van der Waals surface area contributed by atoms with Gasteiger partial charge in [0, 0.05) is 19.8 Å². The van der Waals surface area contributed by atoms with E-state index in [0.29, 0.717) is 18.7 Å². The molecule has 25 heavy (non-hydrogen) atoms. The van der Waals surface area contributed by atoms with Gasteiger partial charge < -0.3 is 9.64 Å². The molecule has 1 aliphatic heterocycles. The van der Waals surface area contributed by atoms with Gasteiger partial charge in [-0.15, -0.1) is 5.10 Å². The Morgan fingerprint density at radius 1 is 1.20 bits per heavy atom. The number of tetrazole rings is 1. The van der Waals surface area contributed by atoms with Crippen LogP contribution in [0.1, 0.15) is 12.8 Å². The average Bonchev–Trinajstić information content (AvgIpc) is 3.29. The molecule has 1 amide bonds. The fourth-order valence-electron chi connectivity index (χ4n) is 2.88. The summed E-state index contributed by atoms with van der Waals surface area (Å²) in [6.07, 6.45) is 6.14. The summed E-state index contributed by atoms with van der Waals surface area (Å²) in [4.78, 5) is 14.5. The third-order valence-electron chi connectivity index (χ3n) is 4.12. The zero-order valence-electron chi connectivity index (χ0n) is 13.7. The average molecular weight is 339 g/mol. The molecule has 1 aliphatic rings. The largest absolute Gasteiger partial charge is 0.481 e. The number of piperidine rings is 1. The van der Waals surface area contributed by atoms with Gasteiger partial charge >= 0.3 is 0 Å². The number of ether oxygens (including phenoxy) is 1. The number of anilines is 1. The smallest absolute Gasteiger partial charge is 0.268 e. The Labute approximate surface area is 143 Å². The minimum Gasteiger partial charge on any atom is -0.481 e. The summed E-state index contributed by atoms with van der Waals surface area (Å²) >= 11 is 0. The Morgan fingerprint density at radius 3 is 2.72 bits per heavy atom. The van der Waals surface area contributed by atoms with Crippen LogP contribution in [0.3, 0.4) is 0 Å². The van der Waals surface area contributed by atoms with E-state index in [1.165, 1.54) is 6.33 Å². The van der Waals surface area contributed by atoms with E-state index in [4.69, 9.17) is 4.74 Å². The highest BCUT2D eigenvalue weighted by molar-refractivity contribution is 5.97. The molecule has 0 N–H and O–H groups in total. The van der Waals surface area contributed by atoms with Crippen molar-refractivity contribution in [1.29, 1.82) is 0 Å². The molecule has 0 bridgehead atoms. The summed E-state index contributed by atoms with van der Waals surface area (Å²) in [5, 5.41) is 15.2. The van der Waals surface area contributed by atoms with E-state index in [9.17, 15) is 4.79 Å². The molecular weight excluding hydrogens is 322 g/mol. The van der Waals surface area contributed by atoms with Crippen molar-refractivity contribution < 1.29 is 9.53 Å². The molecular formula is C16H17N7O2. The lowest BCUT2D eigenvalue weighted by molar-refractivity contribution is -0.126. The molecule has 3 heterocycles. The minimum absolute atomic E-state index is 0.0381. The van der Waals surface area contributed by atoms with Crippen molar-refractivity contribution in [1.82, 2.24) is 30.0 Å². The van der Waals surface area contributed by atoms with Crippen molar-refractivity contribution in [3.8, 4) is 11.4 Å². The van der Waals surface area contributed by atoms with Gasteiger partial charge in [-0.3, -0.25) is 9.48 Å². The van der Waals surface area contributed by atoms with E-state index in [1.54, 1.807) is 20.5 Å². The van der Waals surface area contributed by atoms with Gasteiger partial charge in [-0.25, -0.2) is 4.68 Å². The van der Waals surface area contributed by atoms with E-state index in [2.05, 4.69) is 20.6 Å². The summed E-state index contributed by atoms with van der Waals surface area (Å²) in [7, 11) is 1.83. The molecule has 4 rings (SSSR count). The van der Waals surface area contributed by atoms with Crippen LogP contribution in [0.5, 0.6) is 5.75 Å². The van der Waals surface area contributed by atoms with Crippen molar-refractivity contribution in [3.05, 3.63) is 43.0 Å². The number of benzene rings is 1. The highest BCUT2D eigenvalue weighted by Gasteiger charge is 2.31. The van der Waals surface area contributed by atoms with Crippen LogP contribution in [-0.4, -0.2) is 48.5 Å². The van der Waals surface area contributed by atoms with Crippen molar-refractivity contribution in [3.63, 3.8) is 0 Å². The highest BCUT2D eigenvalue weighted by Crippen LogP contribution is 2.24. The molecule has 2 aromatic heterocycles. The Bertz CT molecular complexity index is 857. The number of amides is 1. The molecule has 0 saturated carbocycles. The van der Waals surface area contributed by atoms with Crippen LogP contribution in [0.4, 0.5) is 5.69 Å². The summed E-state index contributed by atoms with van der Waals surface area (Å²) in [5.74, 6) is 0.604. The first-order chi connectivity index (χ1) is 12.2. The highest BCUT2D eigenvalue weighted by atomic mass is 16.5. The fraction of sp³-hybridized carbons (Fsp3) is 0.312. The molecule has 1 fully saturated rings. The van der Waals surface area contributed by atoms with Crippen molar-refractivity contribution in [2.24, 2.45) is 7.05 Å². The number of rotatable bonds is 4. The summed E-state index contributed by atoms with van der Waals surface area (Å²) in [5.41, 5.74) is 1.62. The number of aromatic nitrogens is 6. The van der Waals surface area contributed by atoms with E-state index in [-0.39, 0.29) is 5.91 Å². The van der Waals surface area contributed by atoms with Gasteiger partial charge in [-0.05, 0) is 47.5 Å². The van der Waals surface area contributed by atoms with Crippen LogP contribution in [0, 0.1) is 0 Å². The first kappa shape index (κ1) is 15.3. The van der Waals surface area contributed by atoms with E-state index >= 15 is 0 Å². The lowest BCUT2D eigenvalue weighted by Crippen LogP contribution is -2.46. The lowest BCUT2D eigenvalue weighted by Gasteiger charge is -2.31. The van der Waals surface area contributed by atoms with E-state index < -0.39 is 6.10 Å². The first-order valence-corrected chi connectivity index (χ1v) is 8.01. The number of hydrogen-bond acceptors (Lipinski definition) is 6. The predicted molar refractivity (Wildman–Crippen MR) is 88.4 cm³/mol. The van der Waals surface area contributed by atoms with Crippen LogP contribution in [-0.2, 0) is 11.8 Å². The second-order valence-corrected chi connectivity index (χ2v) is 5.86. The van der Waals surface area contributed by atoms with Crippen LogP contribution < -0.4 is 9.64 Å². The number of carbonyl (C=O) groups is 1. The molecule has 0 spiro atoms. The maximum Gasteiger partial charge on any atom is 0.268 e. The second-order valence-electron chi connectivity index (χ2n) is 5.86. The van der Waals surface area contributed by atoms with Gasteiger partial charge in [0.1, 0.15) is 12.1 Å². The zero-order valence-corrected chi connectivity index (χ0v) is 13.7. The van der Waals surface area contributed by atoms with Crippen LogP contribution in [0.2, 0.25) is 0 Å². The maximum atomic E-state index is 12.7.